The third-order valence-corrected chi connectivity index (χ3v) is 7.20. The molecule has 1 heterocycles. The van der Waals surface area contributed by atoms with Crippen LogP contribution in [0, 0.1) is 0 Å². The molecule has 0 bridgehead atoms. The van der Waals surface area contributed by atoms with Crippen LogP contribution < -0.4 is 5.32 Å². The zero-order chi connectivity index (χ0) is 21.2. The number of nitrogens with zero attached hydrogens (tertiary/aromatic N) is 1. The molecule has 0 saturated carbocycles. The van der Waals surface area contributed by atoms with Crippen LogP contribution >= 0.6 is 11.6 Å². The van der Waals surface area contributed by atoms with Gasteiger partial charge in [0.25, 0.3) is 5.91 Å². The molecule has 1 amide bonds. The monoisotopic (exact) mass is 433 g/mol. The molecule has 0 saturated heterocycles. The molecule has 0 spiro atoms. The van der Waals surface area contributed by atoms with Crippen molar-refractivity contribution in [3.8, 4) is 0 Å². The number of hydrogen-bond acceptors (Lipinski definition) is 3. The van der Waals surface area contributed by atoms with Gasteiger partial charge in [0.05, 0.1) is 10.9 Å². The normalized spacial score (nSPS) is 13.0. The summed E-state index contributed by atoms with van der Waals surface area (Å²) >= 11 is 5.99. The second-order valence-electron chi connectivity index (χ2n) is 6.77. The Hall–Kier alpha value is -2.35. The zero-order valence-corrected chi connectivity index (χ0v) is 18.1. The summed E-state index contributed by atoms with van der Waals surface area (Å²) in [5.41, 5.74) is 2.09. The van der Waals surface area contributed by atoms with Crippen LogP contribution in [0.3, 0.4) is 0 Å². The third kappa shape index (κ3) is 4.47. The second-order valence-corrected chi connectivity index (χ2v) is 9.14. The minimum atomic E-state index is -3.50. The minimum Gasteiger partial charge on any atom is -0.351 e. The Balaban J connectivity index is 1.74. The molecule has 3 aromatic rings. The Morgan fingerprint density at radius 1 is 1.10 bits per heavy atom. The van der Waals surface area contributed by atoms with Gasteiger partial charge in [0.15, 0.2) is 0 Å². The summed E-state index contributed by atoms with van der Waals surface area (Å²) in [6, 6.07) is 13.5. The maximum absolute atomic E-state index is 12.6. The number of hydrogen-bond donors (Lipinski definition) is 2. The van der Waals surface area contributed by atoms with E-state index in [4.69, 9.17) is 11.6 Å². The Morgan fingerprint density at radius 3 is 2.38 bits per heavy atom. The fraction of sp³-hybridized carbons (Fsp3) is 0.286. The number of carbonyl (C=O) groups is 1. The highest BCUT2D eigenvalue weighted by Gasteiger charge is 2.22. The van der Waals surface area contributed by atoms with Crippen molar-refractivity contribution in [2.45, 2.75) is 31.7 Å². The molecule has 0 aliphatic heterocycles. The van der Waals surface area contributed by atoms with E-state index in [1.807, 2.05) is 26.8 Å². The molecule has 2 aromatic carbocycles. The lowest BCUT2D eigenvalue weighted by Crippen LogP contribution is -2.30. The zero-order valence-electron chi connectivity index (χ0n) is 16.6. The smallest absolute Gasteiger partial charge is 0.268 e. The first-order valence-electron chi connectivity index (χ1n) is 9.45. The van der Waals surface area contributed by atoms with Gasteiger partial charge in [-0.2, -0.15) is 4.31 Å². The van der Waals surface area contributed by atoms with Crippen LogP contribution in [0.15, 0.2) is 53.4 Å². The molecule has 0 aliphatic carbocycles. The van der Waals surface area contributed by atoms with Crippen LogP contribution in [0.4, 0.5) is 0 Å². The summed E-state index contributed by atoms with van der Waals surface area (Å²) in [5, 5.41) is 4.40. The third-order valence-electron chi connectivity index (χ3n) is 4.90. The maximum Gasteiger partial charge on any atom is 0.268 e. The summed E-state index contributed by atoms with van der Waals surface area (Å²) in [5.74, 6) is -0.246. The topological polar surface area (TPSA) is 82.3 Å². The molecule has 0 aliphatic rings. The molecule has 1 atom stereocenters. The molecule has 0 radical (unpaired) electrons. The number of halogens is 1. The number of rotatable bonds is 7. The largest absolute Gasteiger partial charge is 0.351 e. The van der Waals surface area contributed by atoms with E-state index >= 15 is 0 Å². The van der Waals surface area contributed by atoms with Gasteiger partial charge in [-0.15, -0.1) is 0 Å². The number of aromatic nitrogens is 1. The molecular formula is C21H24ClN3O3S. The lowest BCUT2D eigenvalue weighted by atomic mass is 10.1. The molecule has 29 heavy (non-hydrogen) atoms. The predicted molar refractivity (Wildman–Crippen MR) is 116 cm³/mol. The van der Waals surface area contributed by atoms with E-state index in [1.165, 1.54) is 4.31 Å². The molecule has 3 rings (SSSR count). The molecule has 1 aromatic heterocycles. The van der Waals surface area contributed by atoms with E-state index < -0.39 is 10.0 Å². The first-order chi connectivity index (χ1) is 13.8. The van der Waals surface area contributed by atoms with Crippen LogP contribution in [0.25, 0.3) is 10.9 Å². The van der Waals surface area contributed by atoms with Crippen molar-refractivity contribution in [1.82, 2.24) is 14.6 Å². The molecule has 0 fully saturated rings. The highest BCUT2D eigenvalue weighted by atomic mass is 35.5. The number of amides is 1. The molecular weight excluding hydrogens is 410 g/mol. The Morgan fingerprint density at radius 2 is 1.76 bits per heavy atom. The first-order valence-corrected chi connectivity index (χ1v) is 11.3. The number of aromatic amines is 1. The SMILES string of the molecule is CCN(CC)S(=O)(=O)c1ccc(C(C)NC(=O)c2cc3cc(Cl)ccc3[nH]2)cc1. The van der Waals surface area contributed by atoms with Crippen molar-refractivity contribution >= 4 is 38.4 Å². The summed E-state index contributed by atoms with van der Waals surface area (Å²) in [6.45, 7) is 6.31. The van der Waals surface area contributed by atoms with Gasteiger partial charge in [-0.3, -0.25) is 4.79 Å². The number of H-pyrrole nitrogens is 1. The summed E-state index contributed by atoms with van der Waals surface area (Å²) in [4.78, 5) is 15.9. The van der Waals surface area contributed by atoms with Crippen LogP contribution in [0.5, 0.6) is 0 Å². The molecule has 8 heteroatoms. The number of benzene rings is 2. The van der Waals surface area contributed by atoms with E-state index in [9.17, 15) is 13.2 Å². The van der Waals surface area contributed by atoms with Crippen molar-refractivity contribution in [2.24, 2.45) is 0 Å². The van der Waals surface area contributed by atoms with Crippen molar-refractivity contribution < 1.29 is 13.2 Å². The van der Waals surface area contributed by atoms with Gasteiger partial charge in [-0.05, 0) is 48.9 Å². The second kappa shape index (κ2) is 8.57. The lowest BCUT2D eigenvalue weighted by molar-refractivity contribution is 0.0935. The van der Waals surface area contributed by atoms with E-state index in [0.717, 1.165) is 16.5 Å². The number of carbonyl (C=O) groups excluding carboxylic acids is 1. The first kappa shape index (κ1) is 21.4. The molecule has 154 valence electrons. The van der Waals surface area contributed by atoms with Crippen LogP contribution in [-0.2, 0) is 10.0 Å². The van der Waals surface area contributed by atoms with E-state index in [1.54, 1.807) is 42.5 Å². The highest BCUT2D eigenvalue weighted by Crippen LogP contribution is 2.22. The van der Waals surface area contributed by atoms with Gasteiger partial charge in [-0.1, -0.05) is 37.6 Å². The number of nitrogens with one attached hydrogen (secondary N) is 2. The average Bonchev–Trinajstić information content (AvgIpc) is 3.12. The summed E-state index contributed by atoms with van der Waals surface area (Å²) in [6.07, 6.45) is 0. The molecule has 2 N–H and O–H groups in total. The van der Waals surface area contributed by atoms with Gasteiger partial charge in [-0.25, -0.2) is 8.42 Å². The van der Waals surface area contributed by atoms with Crippen LogP contribution in [0.2, 0.25) is 5.02 Å². The van der Waals surface area contributed by atoms with Gasteiger partial charge < -0.3 is 10.3 Å². The van der Waals surface area contributed by atoms with E-state index in [-0.39, 0.29) is 16.8 Å². The summed E-state index contributed by atoms with van der Waals surface area (Å²) in [7, 11) is -3.50. The number of fused-ring (bicyclic) bond motifs is 1. The Kier molecular flexibility index (Phi) is 6.31. The average molecular weight is 434 g/mol. The lowest BCUT2D eigenvalue weighted by Gasteiger charge is -2.19. The van der Waals surface area contributed by atoms with Crippen molar-refractivity contribution in [3.05, 3.63) is 64.8 Å². The van der Waals surface area contributed by atoms with Crippen LogP contribution in [-0.4, -0.2) is 36.7 Å². The highest BCUT2D eigenvalue weighted by molar-refractivity contribution is 7.89. The van der Waals surface area contributed by atoms with Crippen molar-refractivity contribution in [2.75, 3.05) is 13.1 Å². The minimum absolute atomic E-state index is 0.246. The summed E-state index contributed by atoms with van der Waals surface area (Å²) < 4.78 is 26.6. The van der Waals surface area contributed by atoms with Crippen molar-refractivity contribution in [3.63, 3.8) is 0 Å². The van der Waals surface area contributed by atoms with Gasteiger partial charge in [0.1, 0.15) is 5.69 Å². The van der Waals surface area contributed by atoms with E-state index in [0.29, 0.717) is 23.8 Å². The number of sulfonamides is 1. The van der Waals surface area contributed by atoms with Gasteiger partial charge in [0.2, 0.25) is 10.0 Å². The quantitative estimate of drug-likeness (QED) is 0.581. The molecule has 6 nitrogen and oxygen atoms in total. The van der Waals surface area contributed by atoms with E-state index in [2.05, 4.69) is 10.3 Å². The van der Waals surface area contributed by atoms with Crippen LogP contribution in [0.1, 0.15) is 42.9 Å². The predicted octanol–water partition coefficient (Wildman–Crippen LogP) is 4.34. The van der Waals surface area contributed by atoms with Gasteiger partial charge in [0, 0.05) is 29.0 Å². The maximum atomic E-state index is 12.6. The fourth-order valence-electron chi connectivity index (χ4n) is 3.22. The van der Waals surface area contributed by atoms with Crippen molar-refractivity contribution in [1.29, 1.82) is 0 Å². The fourth-order valence-corrected chi connectivity index (χ4v) is 4.86. The standard InChI is InChI=1S/C21H24ClN3O3S/c1-4-25(5-2)29(27,28)18-9-6-15(7-10-18)14(3)23-21(26)20-13-16-12-17(22)8-11-19(16)24-20/h6-14,24H,4-5H2,1-3H3,(H,23,26). The Bertz CT molecular complexity index is 1120. The molecule has 1 unspecified atom stereocenters. The van der Waals surface area contributed by atoms with Gasteiger partial charge >= 0.3 is 0 Å². The Labute approximate surface area is 175 Å².